The van der Waals surface area contributed by atoms with Crippen molar-refractivity contribution in [2.45, 2.75) is 213 Å². The van der Waals surface area contributed by atoms with Gasteiger partial charge in [-0.3, -0.25) is 0 Å². The van der Waals surface area contributed by atoms with E-state index in [2.05, 4.69) is 43.0 Å². The maximum atomic E-state index is 2.69. The number of unbranched alkanes of at least 4 members (excludes halogenated alkanes) is 25. The van der Waals surface area contributed by atoms with Crippen molar-refractivity contribution in [1.82, 2.24) is 9.80 Å². The van der Waals surface area contributed by atoms with Crippen molar-refractivity contribution in [1.29, 1.82) is 0 Å². The molecular formula is C37H74N2. The van der Waals surface area contributed by atoms with Crippen LogP contribution in [0, 0.1) is 0 Å². The fourth-order valence-electron chi connectivity index (χ4n) is 6.36. The van der Waals surface area contributed by atoms with Gasteiger partial charge in [-0.05, 0) is 25.7 Å². The van der Waals surface area contributed by atoms with Crippen LogP contribution in [0.5, 0.6) is 0 Å². The zero-order valence-corrected chi connectivity index (χ0v) is 27.5. The van der Waals surface area contributed by atoms with E-state index in [-0.39, 0.29) is 0 Å². The van der Waals surface area contributed by atoms with E-state index in [1.165, 1.54) is 199 Å². The summed E-state index contributed by atoms with van der Waals surface area (Å²) >= 11 is 0. The average Bonchev–Trinajstić information content (AvgIpc) is 3.33. The normalized spacial score (nSPS) is 15.2. The molecule has 1 unspecified atom stereocenters. The molecule has 1 rings (SSSR count). The summed E-state index contributed by atoms with van der Waals surface area (Å²) in [5.41, 5.74) is 0. The Bertz CT molecular complexity index is 502. The molecule has 2 heteroatoms. The topological polar surface area (TPSA) is 6.48 Å². The lowest BCUT2D eigenvalue weighted by Gasteiger charge is -2.33. The van der Waals surface area contributed by atoms with Crippen molar-refractivity contribution >= 4 is 0 Å². The molecule has 1 aliphatic heterocycles. The van der Waals surface area contributed by atoms with Crippen molar-refractivity contribution in [3.8, 4) is 0 Å². The van der Waals surface area contributed by atoms with Gasteiger partial charge in [-0.1, -0.05) is 181 Å². The Morgan fingerprint density at radius 3 is 0.949 bits per heavy atom. The molecule has 39 heavy (non-hydrogen) atoms. The molecule has 0 aromatic carbocycles. The molecule has 0 bridgehead atoms. The fraction of sp³-hybridized carbons (Fsp3) is 0.946. The first-order valence-electron chi connectivity index (χ1n) is 18.5. The molecule has 0 radical (unpaired) electrons. The van der Waals surface area contributed by atoms with Gasteiger partial charge >= 0.3 is 0 Å². The third-order valence-electron chi connectivity index (χ3n) is 9.07. The Balaban J connectivity index is 2.06. The first kappa shape index (κ1) is 36.4. The highest BCUT2D eigenvalue weighted by molar-refractivity contribution is 4.97. The second-order valence-corrected chi connectivity index (χ2v) is 12.9. The lowest BCUT2D eigenvalue weighted by molar-refractivity contribution is 0.135. The molecule has 0 saturated heterocycles. The molecule has 0 N–H and O–H groups in total. The van der Waals surface area contributed by atoms with E-state index >= 15 is 0 Å². The molecule has 0 amide bonds. The summed E-state index contributed by atoms with van der Waals surface area (Å²) < 4.78 is 0. The van der Waals surface area contributed by atoms with E-state index in [0.29, 0.717) is 6.17 Å². The number of nitrogens with zero attached hydrogens (tertiary/aromatic N) is 2. The third-order valence-corrected chi connectivity index (χ3v) is 9.07. The molecule has 0 aliphatic carbocycles. The first-order valence-corrected chi connectivity index (χ1v) is 18.5. The minimum atomic E-state index is 0.641. The molecule has 0 aromatic heterocycles. The van der Waals surface area contributed by atoms with Crippen molar-refractivity contribution in [3.63, 3.8) is 0 Å². The van der Waals surface area contributed by atoms with Crippen LogP contribution in [0.25, 0.3) is 0 Å². The summed E-state index contributed by atoms with van der Waals surface area (Å²) in [6.45, 7) is 9.46. The Morgan fingerprint density at radius 2 is 0.590 bits per heavy atom. The third kappa shape index (κ3) is 21.7. The van der Waals surface area contributed by atoms with Crippen LogP contribution in [0.15, 0.2) is 12.4 Å². The fourth-order valence-corrected chi connectivity index (χ4v) is 6.36. The van der Waals surface area contributed by atoms with Crippen LogP contribution >= 0.6 is 0 Å². The maximum absolute atomic E-state index is 2.69. The molecule has 1 heterocycles. The second kappa shape index (κ2) is 28.9. The lowest BCUT2D eigenvalue weighted by Crippen LogP contribution is -2.39. The standard InChI is InChI=1S/C37H74N2/c1-4-7-10-12-14-16-17-18-19-20-21-22-24-26-28-31-34-39-36-35-38(33-30-9-6-3)37(39)32-29-27-25-23-15-13-11-8-5-2/h35-37H,4-34H2,1-3H3. The van der Waals surface area contributed by atoms with Crippen LogP contribution in [0.4, 0.5) is 0 Å². The van der Waals surface area contributed by atoms with Crippen LogP contribution in [-0.4, -0.2) is 29.1 Å². The van der Waals surface area contributed by atoms with Gasteiger partial charge in [0.25, 0.3) is 0 Å². The van der Waals surface area contributed by atoms with E-state index in [9.17, 15) is 0 Å². The van der Waals surface area contributed by atoms with Crippen LogP contribution in [0.2, 0.25) is 0 Å². The number of hydrogen-bond acceptors (Lipinski definition) is 2. The lowest BCUT2D eigenvalue weighted by atomic mass is 10.0. The van der Waals surface area contributed by atoms with Crippen molar-refractivity contribution < 1.29 is 0 Å². The van der Waals surface area contributed by atoms with Gasteiger partial charge in [0.05, 0.1) is 0 Å². The summed E-state index contributed by atoms with van der Waals surface area (Å²) in [7, 11) is 0. The molecule has 0 spiro atoms. The van der Waals surface area contributed by atoms with Gasteiger partial charge in [0.2, 0.25) is 0 Å². The van der Waals surface area contributed by atoms with E-state index in [4.69, 9.17) is 0 Å². The Morgan fingerprint density at radius 1 is 0.333 bits per heavy atom. The predicted octanol–water partition coefficient (Wildman–Crippen LogP) is 12.8. The second-order valence-electron chi connectivity index (χ2n) is 12.9. The van der Waals surface area contributed by atoms with Gasteiger partial charge in [0.15, 0.2) is 0 Å². The van der Waals surface area contributed by atoms with E-state index in [0.717, 1.165) is 0 Å². The van der Waals surface area contributed by atoms with E-state index in [1.807, 2.05) is 0 Å². The molecule has 0 saturated carbocycles. The highest BCUT2D eigenvalue weighted by atomic mass is 15.4. The molecule has 1 atom stereocenters. The largest absolute Gasteiger partial charge is 0.356 e. The van der Waals surface area contributed by atoms with E-state index < -0.39 is 0 Å². The molecule has 0 fully saturated rings. The van der Waals surface area contributed by atoms with Gasteiger partial charge in [-0.2, -0.15) is 0 Å². The minimum absolute atomic E-state index is 0.641. The summed E-state index contributed by atoms with van der Waals surface area (Å²) in [5, 5.41) is 0. The predicted molar refractivity (Wildman–Crippen MR) is 177 cm³/mol. The van der Waals surface area contributed by atoms with E-state index in [1.54, 1.807) is 0 Å². The quantitative estimate of drug-likeness (QED) is 0.0798. The van der Waals surface area contributed by atoms with Gasteiger partial charge in [0.1, 0.15) is 6.17 Å². The molecule has 2 nitrogen and oxygen atoms in total. The average molecular weight is 547 g/mol. The van der Waals surface area contributed by atoms with Crippen LogP contribution < -0.4 is 0 Å². The molecule has 1 aliphatic rings. The van der Waals surface area contributed by atoms with Crippen LogP contribution in [0.1, 0.15) is 207 Å². The Hall–Kier alpha value is -0.660. The maximum Gasteiger partial charge on any atom is 0.101 e. The summed E-state index contributed by atoms with van der Waals surface area (Å²) in [4.78, 5) is 5.37. The summed E-state index contributed by atoms with van der Waals surface area (Å²) in [6, 6.07) is 0. The van der Waals surface area contributed by atoms with Gasteiger partial charge in [0, 0.05) is 25.5 Å². The molecule has 232 valence electrons. The summed E-state index contributed by atoms with van der Waals surface area (Å²) in [6.07, 6.45) is 47.0. The highest BCUT2D eigenvalue weighted by Crippen LogP contribution is 2.24. The van der Waals surface area contributed by atoms with Crippen molar-refractivity contribution in [3.05, 3.63) is 12.4 Å². The first-order chi connectivity index (χ1) is 19.3. The molecule has 0 aromatic rings. The zero-order valence-electron chi connectivity index (χ0n) is 27.5. The van der Waals surface area contributed by atoms with Crippen molar-refractivity contribution in [2.24, 2.45) is 0 Å². The Kier molecular flexibility index (Phi) is 26.9. The minimum Gasteiger partial charge on any atom is -0.356 e. The van der Waals surface area contributed by atoms with Crippen molar-refractivity contribution in [2.75, 3.05) is 13.1 Å². The zero-order chi connectivity index (χ0) is 28.1. The highest BCUT2D eigenvalue weighted by Gasteiger charge is 2.24. The SMILES string of the molecule is CCCCCCCCCCCCCCCCCCN1C=CN(CCCCC)C1CCCCCCCCCCC. The van der Waals surface area contributed by atoms with Gasteiger partial charge < -0.3 is 9.80 Å². The van der Waals surface area contributed by atoms with Gasteiger partial charge in [-0.25, -0.2) is 0 Å². The van der Waals surface area contributed by atoms with Crippen LogP contribution in [-0.2, 0) is 0 Å². The number of rotatable bonds is 31. The Labute approximate surface area is 248 Å². The number of hydrogen-bond donors (Lipinski definition) is 0. The summed E-state index contributed by atoms with van der Waals surface area (Å²) in [5.74, 6) is 0. The molecular weight excluding hydrogens is 472 g/mol. The monoisotopic (exact) mass is 547 g/mol. The van der Waals surface area contributed by atoms with Crippen LogP contribution in [0.3, 0.4) is 0 Å². The smallest absolute Gasteiger partial charge is 0.101 e. The van der Waals surface area contributed by atoms with Gasteiger partial charge in [-0.15, -0.1) is 0 Å².